The molecule has 19 heavy (non-hydrogen) atoms. The maximum absolute atomic E-state index is 10.5. The van der Waals surface area contributed by atoms with Gasteiger partial charge in [-0.1, -0.05) is 24.4 Å². The third-order valence-electron chi connectivity index (χ3n) is 3.54. The standard InChI is InChI=1S/C14H20N2O2S/c1-16(10-14(17)6-8-18-9-7-14)12-5-3-2-4-11(12)13(15)19/h2-5,17H,6-10H2,1H3,(H2,15,19). The Balaban J connectivity index is 2.15. The first-order valence-corrected chi connectivity index (χ1v) is 6.83. The van der Waals surface area contributed by atoms with Gasteiger partial charge in [-0.3, -0.25) is 0 Å². The Kier molecular flexibility index (Phi) is 4.39. The fraction of sp³-hybridized carbons (Fsp3) is 0.500. The van der Waals surface area contributed by atoms with Gasteiger partial charge in [0.25, 0.3) is 0 Å². The molecule has 0 radical (unpaired) electrons. The van der Waals surface area contributed by atoms with Crippen molar-refractivity contribution in [2.75, 3.05) is 31.7 Å². The van der Waals surface area contributed by atoms with Crippen LogP contribution < -0.4 is 10.6 Å². The van der Waals surface area contributed by atoms with Crippen molar-refractivity contribution in [3.8, 4) is 0 Å². The summed E-state index contributed by atoms with van der Waals surface area (Å²) in [7, 11) is 1.95. The Morgan fingerprint density at radius 2 is 2.05 bits per heavy atom. The van der Waals surface area contributed by atoms with E-state index < -0.39 is 5.60 Å². The quantitative estimate of drug-likeness (QED) is 0.814. The average Bonchev–Trinajstić information content (AvgIpc) is 2.39. The van der Waals surface area contributed by atoms with E-state index in [0.717, 1.165) is 11.3 Å². The topological polar surface area (TPSA) is 58.7 Å². The SMILES string of the molecule is CN(CC1(O)CCOCC1)c1ccccc1C(N)=S. The number of benzene rings is 1. The van der Waals surface area contributed by atoms with Crippen molar-refractivity contribution in [1.82, 2.24) is 0 Å². The van der Waals surface area contributed by atoms with E-state index in [9.17, 15) is 5.11 Å². The number of para-hydroxylation sites is 1. The van der Waals surface area contributed by atoms with Crippen molar-refractivity contribution in [3.63, 3.8) is 0 Å². The van der Waals surface area contributed by atoms with Crippen LogP contribution >= 0.6 is 12.2 Å². The van der Waals surface area contributed by atoms with Crippen LogP contribution in [0.15, 0.2) is 24.3 Å². The monoisotopic (exact) mass is 280 g/mol. The van der Waals surface area contributed by atoms with E-state index in [1.165, 1.54) is 0 Å². The lowest BCUT2D eigenvalue weighted by Crippen LogP contribution is -2.46. The van der Waals surface area contributed by atoms with E-state index in [2.05, 4.69) is 0 Å². The highest BCUT2D eigenvalue weighted by atomic mass is 32.1. The summed E-state index contributed by atoms with van der Waals surface area (Å²) in [6.45, 7) is 1.78. The maximum Gasteiger partial charge on any atom is 0.106 e. The van der Waals surface area contributed by atoms with Crippen molar-refractivity contribution in [2.24, 2.45) is 5.73 Å². The van der Waals surface area contributed by atoms with Gasteiger partial charge in [-0.15, -0.1) is 0 Å². The Labute approximate surface area is 119 Å². The third-order valence-corrected chi connectivity index (χ3v) is 3.76. The van der Waals surface area contributed by atoms with Crippen LogP contribution in [0.2, 0.25) is 0 Å². The third kappa shape index (κ3) is 3.43. The van der Waals surface area contributed by atoms with Gasteiger partial charge < -0.3 is 20.5 Å². The first-order valence-electron chi connectivity index (χ1n) is 6.42. The summed E-state index contributed by atoms with van der Waals surface area (Å²) in [6.07, 6.45) is 1.32. The summed E-state index contributed by atoms with van der Waals surface area (Å²) in [5, 5.41) is 10.5. The zero-order valence-corrected chi connectivity index (χ0v) is 11.9. The molecule has 0 bridgehead atoms. The molecule has 4 nitrogen and oxygen atoms in total. The first-order chi connectivity index (χ1) is 9.02. The van der Waals surface area contributed by atoms with Gasteiger partial charge in [0.1, 0.15) is 4.99 Å². The van der Waals surface area contributed by atoms with E-state index in [4.69, 9.17) is 22.7 Å². The van der Waals surface area contributed by atoms with E-state index in [1.54, 1.807) is 0 Å². The maximum atomic E-state index is 10.5. The highest BCUT2D eigenvalue weighted by Gasteiger charge is 2.31. The molecule has 1 aromatic rings. The van der Waals surface area contributed by atoms with Gasteiger partial charge in [-0.05, 0) is 12.1 Å². The first kappa shape index (κ1) is 14.2. The van der Waals surface area contributed by atoms with Gasteiger partial charge in [0.05, 0.1) is 5.60 Å². The number of likely N-dealkylation sites (N-methyl/N-ethyl adjacent to an activating group) is 1. The van der Waals surface area contributed by atoms with Crippen LogP contribution in [0, 0.1) is 0 Å². The number of nitrogens with zero attached hydrogens (tertiary/aromatic N) is 1. The van der Waals surface area contributed by atoms with Crippen LogP contribution in [0.3, 0.4) is 0 Å². The Hall–Kier alpha value is -1.17. The van der Waals surface area contributed by atoms with E-state index in [1.807, 2.05) is 36.2 Å². The van der Waals surface area contributed by atoms with Crippen LogP contribution in [0.4, 0.5) is 5.69 Å². The molecule has 1 aromatic carbocycles. The number of aliphatic hydroxyl groups is 1. The summed E-state index contributed by atoms with van der Waals surface area (Å²) in [5.74, 6) is 0. The molecule has 1 saturated heterocycles. The smallest absolute Gasteiger partial charge is 0.106 e. The Morgan fingerprint density at radius 3 is 2.68 bits per heavy atom. The minimum absolute atomic E-state index is 0.376. The molecule has 0 unspecified atom stereocenters. The van der Waals surface area contributed by atoms with Gasteiger partial charge >= 0.3 is 0 Å². The molecule has 104 valence electrons. The van der Waals surface area contributed by atoms with Crippen molar-refractivity contribution in [1.29, 1.82) is 0 Å². The van der Waals surface area contributed by atoms with Gasteiger partial charge in [0.2, 0.25) is 0 Å². The van der Waals surface area contributed by atoms with Crippen LogP contribution in [0.1, 0.15) is 18.4 Å². The number of anilines is 1. The fourth-order valence-electron chi connectivity index (χ4n) is 2.45. The molecule has 1 aliphatic rings. The van der Waals surface area contributed by atoms with Crippen LogP contribution in [-0.2, 0) is 4.74 Å². The highest BCUT2D eigenvalue weighted by molar-refractivity contribution is 7.80. The molecule has 5 heteroatoms. The molecule has 1 aliphatic heterocycles. The van der Waals surface area contributed by atoms with E-state index in [-0.39, 0.29) is 0 Å². The lowest BCUT2D eigenvalue weighted by Gasteiger charge is -2.36. The second-order valence-corrected chi connectivity index (χ2v) is 5.51. The normalized spacial score (nSPS) is 18.0. The van der Waals surface area contributed by atoms with Gasteiger partial charge in [-0.25, -0.2) is 0 Å². The van der Waals surface area contributed by atoms with Crippen molar-refractivity contribution in [3.05, 3.63) is 29.8 Å². The molecular weight excluding hydrogens is 260 g/mol. The van der Waals surface area contributed by atoms with Crippen LogP contribution in [0.5, 0.6) is 0 Å². The molecule has 0 spiro atoms. The fourth-order valence-corrected chi connectivity index (χ4v) is 2.62. The van der Waals surface area contributed by atoms with Gasteiger partial charge in [-0.2, -0.15) is 0 Å². The number of hydrogen-bond donors (Lipinski definition) is 2. The Morgan fingerprint density at radius 1 is 1.42 bits per heavy atom. The number of thiocarbonyl (C=S) groups is 1. The number of ether oxygens (including phenoxy) is 1. The van der Waals surface area contributed by atoms with E-state index >= 15 is 0 Å². The molecule has 0 aliphatic carbocycles. The lowest BCUT2D eigenvalue weighted by molar-refractivity contribution is -0.0572. The molecule has 0 amide bonds. The lowest BCUT2D eigenvalue weighted by atomic mass is 9.93. The molecule has 0 saturated carbocycles. The van der Waals surface area contributed by atoms with Crippen molar-refractivity contribution >= 4 is 22.9 Å². The van der Waals surface area contributed by atoms with E-state index in [0.29, 0.717) is 37.6 Å². The zero-order valence-electron chi connectivity index (χ0n) is 11.1. The predicted octanol–water partition coefficient (Wildman–Crippen LogP) is 1.30. The molecule has 1 heterocycles. The predicted molar refractivity (Wildman–Crippen MR) is 80.6 cm³/mol. The number of nitrogens with two attached hydrogens (primary N) is 1. The molecule has 3 N–H and O–H groups in total. The molecule has 0 atom stereocenters. The van der Waals surface area contributed by atoms with Crippen molar-refractivity contribution in [2.45, 2.75) is 18.4 Å². The van der Waals surface area contributed by atoms with Crippen LogP contribution in [-0.4, -0.2) is 42.5 Å². The summed E-state index contributed by atoms with van der Waals surface area (Å²) >= 11 is 5.07. The van der Waals surface area contributed by atoms with Gasteiger partial charge in [0, 0.05) is 50.9 Å². The molecular formula is C14H20N2O2S. The van der Waals surface area contributed by atoms with Crippen LogP contribution in [0.25, 0.3) is 0 Å². The minimum atomic E-state index is -0.698. The van der Waals surface area contributed by atoms with Gasteiger partial charge in [0.15, 0.2) is 0 Å². The highest BCUT2D eigenvalue weighted by Crippen LogP contribution is 2.26. The number of hydrogen-bond acceptors (Lipinski definition) is 4. The zero-order chi connectivity index (χ0) is 13.9. The summed E-state index contributed by atoms with van der Waals surface area (Å²) in [4.78, 5) is 2.39. The molecule has 1 fully saturated rings. The number of rotatable bonds is 4. The molecule has 2 rings (SSSR count). The second-order valence-electron chi connectivity index (χ2n) is 5.07. The second kappa shape index (κ2) is 5.86. The largest absolute Gasteiger partial charge is 0.389 e. The molecule has 0 aromatic heterocycles. The summed E-state index contributed by atoms with van der Waals surface area (Å²) in [6, 6.07) is 7.73. The van der Waals surface area contributed by atoms with Crippen molar-refractivity contribution < 1.29 is 9.84 Å². The Bertz CT molecular complexity index is 459. The summed E-state index contributed by atoms with van der Waals surface area (Å²) in [5.41, 5.74) is 6.84. The minimum Gasteiger partial charge on any atom is -0.389 e. The average molecular weight is 280 g/mol. The summed E-state index contributed by atoms with van der Waals surface area (Å²) < 4.78 is 5.29.